The van der Waals surface area contributed by atoms with Gasteiger partial charge in [0.25, 0.3) is 0 Å². The lowest BCUT2D eigenvalue weighted by Crippen LogP contribution is -2.66. The maximum atomic E-state index is 12.7. The molecule has 1 unspecified atom stereocenters. The van der Waals surface area contributed by atoms with Gasteiger partial charge in [0.2, 0.25) is 5.91 Å². The zero-order valence-electron chi connectivity index (χ0n) is 11.5. The van der Waals surface area contributed by atoms with Crippen LogP contribution in [0.5, 0.6) is 0 Å². The van der Waals surface area contributed by atoms with Gasteiger partial charge in [-0.15, -0.1) is 0 Å². The van der Waals surface area contributed by atoms with Gasteiger partial charge in [-0.1, -0.05) is 0 Å². The second-order valence-electron chi connectivity index (χ2n) is 5.42. The van der Waals surface area contributed by atoms with E-state index >= 15 is 0 Å². The number of hydrogen-bond acceptors (Lipinski definition) is 5. The number of ether oxygens (including phenoxy) is 1. The van der Waals surface area contributed by atoms with Gasteiger partial charge in [0.1, 0.15) is 0 Å². The number of amides is 1. The summed E-state index contributed by atoms with van der Waals surface area (Å²) in [6.45, 7) is 5.77. The molecule has 0 bridgehead atoms. The first-order valence-electron chi connectivity index (χ1n) is 6.94. The number of piperazine rings is 1. The van der Waals surface area contributed by atoms with Gasteiger partial charge in [-0.25, -0.2) is 0 Å². The zero-order chi connectivity index (χ0) is 13.9. The molecule has 1 atom stereocenters. The predicted molar refractivity (Wildman–Crippen MR) is 70.6 cm³/mol. The number of nitrogens with one attached hydrogen (secondary N) is 1. The molecule has 0 aromatic heterocycles. The fourth-order valence-corrected chi connectivity index (χ4v) is 2.90. The number of Topliss-reactive ketones (excluding diaryl/α,β-unsaturated/α-hetero) is 1. The van der Waals surface area contributed by atoms with Crippen LogP contribution in [0.2, 0.25) is 0 Å². The second-order valence-corrected chi connectivity index (χ2v) is 5.42. The molecule has 6 heteroatoms. The molecule has 2 aliphatic heterocycles. The summed E-state index contributed by atoms with van der Waals surface area (Å²) in [5.41, 5.74) is 4.38. The van der Waals surface area contributed by atoms with Crippen molar-refractivity contribution in [1.82, 2.24) is 10.2 Å². The molecule has 2 rings (SSSR count). The lowest BCUT2D eigenvalue weighted by atomic mass is 9.81. The molecule has 2 saturated heterocycles. The van der Waals surface area contributed by atoms with Crippen molar-refractivity contribution in [3.05, 3.63) is 0 Å². The van der Waals surface area contributed by atoms with E-state index in [0.29, 0.717) is 39.1 Å². The molecule has 19 heavy (non-hydrogen) atoms. The third-order valence-corrected chi connectivity index (χ3v) is 4.30. The summed E-state index contributed by atoms with van der Waals surface area (Å²) < 4.78 is 5.28. The largest absolute Gasteiger partial charge is 0.381 e. The normalized spacial score (nSPS) is 25.7. The highest BCUT2D eigenvalue weighted by Crippen LogP contribution is 2.26. The molecule has 0 saturated carbocycles. The van der Waals surface area contributed by atoms with Crippen molar-refractivity contribution >= 4 is 11.7 Å². The van der Waals surface area contributed by atoms with Gasteiger partial charge in [-0.2, -0.15) is 0 Å². The summed E-state index contributed by atoms with van der Waals surface area (Å²) in [7, 11) is 0. The first kappa shape index (κ1) is 14.4. The van der Waals surface area contributed by atoms with Crippen molar-refractivity contribution in [3.63, 3.8) is 0 Å². The Labute approximate surface area is 113 Å². The average molecular weight is 269 g/mol. The van der Waals surface area contributed by atoms with Crippen LogP contribution in [0.4, 0.5) is 0 Å². The van der Waals surface area contributed by atoms with E-state index in [0.717, 1.165) is 13.1 Å². The van der Waals surface area contributed by atoms with Gasteiger partial charge in [-0.3, -0.25) is 14.5 Å². The van der Waals surface area contributed by atoms with Crippen molar-refractivity contribution in [2.45, 2.75) is 25.3 Å². The monoisotopic (exact) mass is 269 g/mol. The standard InChI is InChI=1S/C13H23N3O3/c1-13(12(14)18,16-6-4-15-5-7-16)11(17)10-2-8-19-9-3-10/h10,15H,2-9H2,1H3,(H2,14,18). The van der Waals surface area contributed by atoms with E-state index in [-0.39, 0.29) is 11.7 Å². The predicted octanol–water partition coefficient (Wildman–Crippen LogP) is -0.869. The highest BCUT2D eigenvalue weighted by Gasteiger charge is 2.47. The van der Waals surface area contributed by atoms with Crippen LogP contribution in [0.1, 0.15) is 19.8 Å². The summed E-state index contributed by atoms with van der Waals surface area (Å²) in [4.78, 5) is 26.6. The number of hydrogen-bond donors (Lipinski definition) is 2. The number of rotatable bonds is 4. The number of carbonyl (C=O) groups excluding carboxylic acids is 2. The van der Waals surface area contributed by atoms with Crippen molar-refractivity contribution in [3.8, 4) is 0 Å². The van der Waals surface area contributed by atoms with Gasteiger partial charge in [0.15, 0.2) is 11.3 Å². The van der Waals surface area contributed by atoms with E-state index in [4.69, 9.17) is 10.5 Å². The van der Waals surface area contributed by atoms with Crippen LogP contribution in [0.15, 0.2) is 0 Å². The summed E-state index contributed by atoms with van der Waals surface area (Å²) in [6, 6.07) is 0. The van der Waals surface area contributed by atoms with Gasteiger partial charge in [0, 0.05) is 45.3 Å². The maximum Gasteiger partial charge on any atom is 0.245 e. The second kappa shape index (κ2) is 5.98. The number of nitrogens with zero attached hydrogens (tertiary/aromatic N) is 1. The molecule has 0 aromatic carbocycles. The van der Waals surface area contributed by atoms with Gasteiger partial charge >= 0.3 is 0 Å². The van der Waals surface area contributed by atoms with Crippen LogP contribution in [-0.2, 0) is 14.3 Å². The first-order valence-corrected chi connectivity index (χ1v) is 6.94. The van der Waals surface area contributed by atoms with Crippen molar-refractivity contribution in [2.24, 2.45) is 11.7 Å². The van der Waals surface area contributed by atoms with Crippen LogP contribution in [0.25, 0.3) is 0 Å². The van der Waals surface area contributed by atoms with Crippen LogP contribution >= 0.6 is 0 Å². The molecule has 3 N–H and O–H groups in total. The summed E-state index contributed by atoms with van der Waals surface area (Å²) >= 11 is 0. The smallest absolute Gasteiger partial charge is 0.245 e. The maximum absolute atomic E-state index is 12.7. The lowest BCUT2D eigenvalue weighted by molar-refractivity contribution is -0.147. The van der Waals surface area contributed by atoms with Gasteiger partial charge in [0.05, 0.1) is 0 Å². The lowest BCUT2D eigenvalue weighted by Gasteiger charge is -2.42. The fourth-order valence-electron chi connectivity index (χ4n) is 2.90. The molecule has 0 spiro atoms. The molecular weight excluding hydrogens is 246 g/mol. The Morgan fingerprint density at radius 1 is 1.26 bits per heavy atom. The van der Waals surface area contributed by atoms with E-state index < -0.39 is 11.4 Å². The molecule has 108 valence electrons. The summed E-state index contributed by atoms with van der Waals surface area (Å²) in [5, 5.41) is 3.22. The third-order valence-electron chi connectivity index (χ3n) is 4.30. The summed E-state index contributed by atoms with van der Waals surface area (Å²) in [5.74, 6) is -0.683. The quantitative estimate of drug-likeness (QED) is 0.648. The molecule has 6 nitrogen and oxygen atoms in total. The molecular formula is C13H23N3O3. The van der Waals surface area contributed by atoms with Gasteiger partial charge < -0.3 is 15.8 Å². The summed E-state index contributed by atoms with van der Waals surface area (Å²) in [6.07, 6.45) is 1.38. The third kappa shape index (κ3) is 2.80. The minimum Gasteiger partial charge on any atom is -0.381 e. The average Bonchev–Trinajstić information content (AvgIpc) is 2.47. The van der Waals surface area contributed by atoms with Crippen molar-refractivity contribution < 1.29 is 14.3 Å². The Bertz CT molecular complexity index is 349. The SMILES string of the molecule is CC(C(N)=O)(C(=O)C1CCOCC1)N1CCNCC1. The molecule has 0 aliphatic carbocycles. The zero-order valence-corrected chi connectivity index (χ0v) is 11.5. The van der Waals surface area contributed by atoms with Gasteiger partial charge in [-0.05, 0) is 19.8 Å². The van der Waals surface area contributed by atoms with Crippen molar-refractivity contribution in [1.29, 1.82) is 0 Å². The highest BCUT2D eigenvalue weighted by molar-refractivity contribution is 6.10. The van der Waals surface area contributed by atoms with Crippen molar-refractivity contribution in [2.75, 3.05) is 39.4 Å². The molecule has 1 amide bonds. The minimum absolute atomic E-state index is 0.0369. The first-order chi connectivity index (χ1) is 9.06. The van der Waals surface area contributed by atoms with Crippen LogP contribution in [0, 0.1) is 5.92 Å². The molecule has 2 aliphatic rings. The number of primary amides is 1. The Morgan fingerprint density at radius 2 is 1.84 bits per heavy atom. The van der Waals surface area contributed by atoms with E-state index in [1.54, 1.807) is 6.92 Å². The number of ketones is 1. The minimum atomic E-state index is -1.18. The molecule has 0 radical (unpaired) electrons. The molecule has 0 aromatic rings. The van der Waals surface area contributed by atoms with Crippen LogP contribution < -0.4 is 11.1 Å². The Balaban J connectivity index is 2.17. The van der Waals surface area contributed by atoms with E-state index in [9.17, 15) is 9.59 Å². The van der Waals surface area contributed by atoms with E-state index in [2.05, 4.69) is 5.32 Å². The Hall–Kier alpha value is -0.980. The van der Waals surface area contributed by atoms with E-state index in [1.807, 2.05) is 4.90 Å². The highest BCUT2D eigenvalue weighted by atomic mass is 16.5. The number of nitrogens with two attached hydrogens (primary N) is 1. The Kier molecular flexibility index (Phi) is 4.54. The van der Waals surface area contributed by atoms with E-state index in [1.165, 1.54) is 0 Å². The fraction of sp³-hybridized carbons (Fsp3) is 0.846. The molecule has 2 heterocycles. The van der Waals surface area contributed by atoms with Crippen LogP contribution in [-0.4, -0.2) is 61.5 Å². The Morgan fingerprint density at radius 3 is 2.37 bits per heavy atom. The van der Waals surface area contributed by atoms with Crippen LogP contribution in [0.3, 0.4) is 0 Å². The molecule has 2 fully saturated rings. The number of carbonyl (C=O) groups is 2. The topological polar surface area (TPSA) is 84.7 Å².